The Labute approximate surface area is 115 Å². The number of rotatable bonds is 3. The molecule has 0 aromatic heterocycles. The molecule has 0 aliphatic rings. The molecule has 2 amide bonds. The van der Waals surface area contributed by atoms with Crippen LogP contribution in [0.1, 0.15) is 20.7 Å². The Morgan fingerprint density at radius 2 is 1.50 bits per heavy atom. The molecule has 0 bridgehead atoms. The van der Waals surface area contributed by atoms with Gasteiger partial charge in [-0.2, -0.15) is 0 Å². The Hall–Kier alpha value is -3.02. The highest BCUT2D eigenvalue weighted by Crippen LogP contribution is 2.31. The van der Waals surface area contributed by atoms with Crippen molar-refractivity contribution in [3.8, 4) is 11.1 Å². The van der Waals surface area contributed by atoms with Crippen LogP contribution in [0.4, 0.5) is 11.4 Å². The SMILES string of the molecule is NC(=O)c1ccc(C(N)=O)c(-c2cc(N)ccc2N)c1. The van der Waals surface area contributed by atoms with Crippen LogP contribution in [0.5, 0.6) is 0 Å². The maximum Gasteiger partial charge on any atom is 0.249 e. The van der Waals surface area contributed by atoms with E-state index < -0.39 is 11.8 Å². The first-order valence-electron chi connectivity index (χ1n) is 5.79. The molecule has 0 unspecified atom stereocenters. The fourth-order valence-corrected chi connectivity index (χ4v) is 1.94. The van der Waals surface area contributed by atoms with E-state index in [1.807, 2.05) is 0 Å². The molecule has 0 spiro atoms. The number of primary amides is 2. The summed E-state index contributed by atoms with van der Waals surface area (Å²) < 4.78 is 0. The van der Waals surface area contributed by atoms with Crippen LogP contribution in [0.2, 0.25) is 0 Å². The predicted octanol–water partition coefficient (Wildman–Crippen LogP) is 0.716. The second kappa shape index (κ2) is 4.93. The standard InChI is InChI=1S/C14H14N4O2/c15-8-2-4-12(16)11(6-8)10-5-7(13(17)19)1-3-9(10)14(18)20/h1-6H,15-16H2,(H2,17,19)(H2,18,20). The van der Waals surface area contributed by atoms with Crippen LogP contribution in [0, 0.1) is 0 Å². The lowest BCUT2D eigenvalue weighted by atomic mass is 9.95. The molecule has 0 aliphatic carbocycles. The summed E-state index contributed by atoms with van der Waals surface area (Å²) in [6.45, 7) is 0. The average Bonchev–Trinajstić information content (AvgIpc) is 2.40. The molecule has 0 saturated heterocycles. The van der Waals surface area contributed by atoms with E-state index in [2.05, 4.69) is 0 Å². The number of nitrogens with two attached hydrogens (primary N) is 4. The number of nitrogen functional groups attached to an aromatic ring is 2. The van der Waals surface area contributed by atoms with Gasteiger partial charge in [-0.3, -0.25) is 9.59 Å². The first-order chi connectivity index (χ1) is 9.40. The Kier molecular flexibility index (Phi) is 3.30. The second-order valence-corrected chi connectivity index (χ2v) is 4.34. The molecule has 2 aromatic rings. The molecule has 2 aromatic carbocycles. The van der Waals surface area contributed by atoms with Crippen molar-refractivity contribution in [2.75, 3.05) is 11.5 Å². The highest BCUT2D eigenvalue weighted by Gasteiger charge is 2.15. The van der Waals surface area contributed by atoms with Crippen molar-refractivity contribution in [3.05, 3.63) is 47.5 Å². The summed E-state index contributed by atoms with van der Waals surface area (Å²) in [4.78, 5) is 22.8. The van der Waals surface area contributed by atoms with Crippen LogP contribution in [0.3, 0.4) is 0 Å². The normalized spacial score (nSPS) is 10.2. The number of carbonyl (C=O) groups is 2. The highest BCUT2D eigenvalue weighted by molar-refractivity contribution is 6.04. The van der Waals surface area contributed by atoms with Gasteiger partial charge in [0.25, 0.3) is 0 Å². The van der Waals surface area contributed by atoms with Gasteiger partial charge in [-0.25, -0.2) is 0 Å². The van der Waals surface area contributed by atoms with E-state index in [-0.39, 0.29) is 11.1 Å². The van der Waals surface area contributed by atoms with Crippen LogP contribution in [-0.4, -0.2) is 11.8 Å². The molecule has 6 heteroatoms. The second-order valence-electron chi connectivity index (χ2n) is 4.34. The number of hydrogen-bond donors (Lipinski definition) is 4. The molecular weight excluding hydrogens is 256 g/mol. The smallest absolute Gasteiger partial charge is 0.249 e. The van der Waals surface area contributed by atoms with Gasteiger partial charge in [-0.15, -0.1) is 0 Å². The number of benzene rings is 2. The van der Waals surface area contributed by atoms with Gasteiger partial charge in [0.15, 0.2) is 0 Å². The summed E-state index contributed by atoms with van der Waals surface area (Å²) in [6.07, 6.45) is 0. The molecular formula is C14H14N4O2. The number of carbonyl (C=O) groups excluding carboxylic acids is 2. The molecule has 0 aliphatic heterocycles. The summed E-state index contributed by atoms with van der Waals surface area (Å²) in [6, 6.07) is 9.23. The van der Waals surface area contributed by atoms with Crippen molar-refractivity contribution in [3.63, 3.8) is 0 Å². The van der Waals surface area contributed by atoms with Crippen molar-refractivity contribution in [1.82, 2.24) is 0 Å². The third-order valence-electron chi connectivity index (χ3n) is 2.94. The molecule has 0 fully saturated rings. The molecule has 20 heavy (non-hydrogen) atoms. The third kappa shape index (κ3) is 2.39. The Balaban J connectivity index is 2.75. The zero-order valence-electron chi connectivity index (χ0n) is 10.6. The van der Waals surface area contributed by atoms with E-state index >= 15 is 0 Å². The van der Waals surface area contributed by atoms with Gasteiger partial charge in [-0.05, 0) is 42.0 Å². The molecule has 0 radical (unpaired) electrons. The first-order valence-corrected chi connectivity index (χ1v) is 5.79. The first kappa shape index (κ1) is 13.4. The fourth-order valence-electron chi connectivity index (χ4n) is 1.94. The lowest BCUT2D eigenvalue weighted by molar-refractivity contribution is 0.0989. The largest absolute Gasteiger partial charge is 0.399 e. The number of amides is 2. The van der Waals surface area contributed by atoms with E-state index in [0.29, 0.717) is 22.5 Å². The van der Waals surface area contributed by atoms with Crippen LogP contribution >= 0.6 is 0 Å². The summed E-state index contributed by atoms with van der Waals surface area (Å²) in [7, 11) is 0. The van der Waals surface area contributed by atoms with Gasteiger partial charge in [0.1, 0.15) is 0 Å². The van der Waals surface area contributed by atoms with Crippen LogP contribution in [0.15, 0.2) is 36.4 Å². The Morgan fingerprint density at radius 3 is 2.10 bits per heavy atom. The zero-order chi connectivity index (χ0) is 14.9. The third-order valence-corrected chi connectivity index (χ3v) is 2.94. The molecule has 0 heterocycles. The minimum atomic E-state index is -0.627. The maximum atomic E-state index is 11.5. The lowest BCUT2D eigenvalue weighted by Crippen LogP contribution is -2.15. The van der Waals surface area contributed by atoms with Gasteiger partial charge >= 0.3 is 0 Å². The zero-order valence-corrected chi connectivity index (χ0v) is 10.6. The van der Waals surface area contributed by atoms with Crippen molar-refractivity contribution in [1.29, 1.82) is 0 Å². The van der Waals surface area contributed by atoms with Gasteiger partial charge < -0.3 is 22.9 Å². The average molecular weight is 270 g/mol. The molecule has 0 saturated carbocycles. The topological polar surface area (TPSA) is 138 Å². The number of hydrogen-bond acceptors (Lipinski definition) is 4. The summed E-state index contributed by atoms with van der Waals surface area (Å²) in [5.41, 5.74) is 24.6. The van der Waals surface area contributed by atoms with Crippen molar-refractivity contribution in [2.24, 2.45) is 11.5 Å². The summed E-state index contributed by atoms with van der Waals surface area (Å²) >= 11 is 0. The lowest BCUT2D eigenvalue weighted by Gasteiger charge is -2.12. The van der Waals surface area contributed by atoms with Gasteiger partial charge in [-0.1, -0.05) is 0 Å². The Bertz CT molecular complexity index is 710. The summed E-state index contributed by atoms with van der Waals surface area (Å²) in [5, 5.41) is 0. The molecule has 8 N–H and O–H groups in total. The molecule has 102 valence electrons. The van der Waals surface area contributed by atoms with E-state index in [1.165, 1.54) is 18.2 Å². The maximum absolute atomic E-state index is 11.5. The Morgan fingerprint density at radius 1 is 0.800 bits per heavy atom. The summed E-state index contributed by atoms with van der Waals surface area (Å²) in [5.74, 6) is -1.23. The van der Waals surface area contributed by atoms with Crippen LogP contribution in [-0.2, 0) is 0 Å². The fraction of sp³-hybridized carbons (Fsp3) is 0. The molecule has 2 rings (SSSR count). The van der Waals surface area contributed by atoms with Gasteiger partial charge in [0.05, 0.1) is 0 Å². The van der Waals surface area contributed by atoms with E-state index in [9.17, 15) is 9.59 Å². The monoisotopic (exact) mass is 270 g/mol. The van der Waals surface area contributed by atoms with Crippen LogP contribution in [0.25, 0.3) is 11.1 Å². The van der Waals surface area contributed by atoms with E-state index in [1.54, 1.807) is 18.2 Å². The highest BCUT2D eigenvalue weighted by atomic mass is 16.1. The van der Waals surface area contributed by atoms with E-state index in [0.717, 1.165) is 0 Å². The van der Waals surface area contributed by atoms with Crippen molar-refractivity contribution < 1.29 is 9.59 Å². The molecule has 0 atom stereocenters. The van der Waals surface area contributed by atoms with Crippen molar-refractivity contribution >= 4 is 23.2 Å². The van der Waals surface area contributed by atoms with Gasteiger partial charge in [0, 0.05) is 28.1 Å². The van der Waals surface area contributed by atoms with E-state index in [4.69, 9.17) is 22.9 Å². The number of anilines is 2. The minimum Gasteiger partial charge on any atom is -0.399 e. The predicted molar refractivity (Wildman–Crippen MR) is 77.7 cm³/mol. The van der Waals surface area contributed by atoms with Crippen LogP contribution < -0.4 is 22.9 Å². The minimum absolute atomic E-state index is 0.243. The molecule has 6 nitrogen and oxygen atoms in total. The van der Waals surface area contributed by atoms with Gasteiger partial charge in [0.2, 0.25) is 11.8 Å². The quantitative estimate of drug-likeness (QED) is 0.610. The van der Waals surface area contributed by atoms with Crippen molar-refractivity contribution in [2.45, 2.75) is 0 Å².